The third-order valence-corrected chi connectivity index (χ3v) is 2.68. The van der Waals surface area contributed by atoms with Gasteiger partial charge in [-0.3, -0.25) is 0 Å². The van der Waals surface area contributed by atoms with Crippen molar-refractivity contribution in [3.63, 3.8) is 0 Å². The van der Waals surface area contributed by atoms with Crippen LogP contribution in [0.2, 0.25) is 0 Å². The van der Waals surface area contributed by atoms with Crippen LogP contribution in [-0.4, -0.2) is 6.10 Å². The van der Waals surface area contributed by atoms with Crippen LogP contribution in [0.1, 0.15) is 45.3 Å². The maximum atomic E-state index is 5.59. The summed E-state index contributed by atoms with van der Waals surface area (Å²) in [5.41, 5.74) is 1.19. The molecule has 2 heteroatoms. The fourth-order valence-corrected chi connectivity index (χ4v) is 1.83. The van der Waals surface area contributed by atoms with Crippen molar-refractivity contribution in [3.8, 4) is 0 Å². The second kappa shape index (κ2) is 7.00. The smallest absolute Gasteiger partial charge is 0.272 e. The summed E-state index contributed by atoms with van der Waals surface area (Å²) in [6.45, 7) is 9.86. The Morgan fingerprint density at radius 3 is 2.41 bits per heavy atom. The quantitative estimate of drug-likeness (QED) is 0.753. The van der Waals surface area contributed by atoms with Gasteiger partial charge in [-0.15, -0.1) is 0 Å². The van der Waals surface area contributed by atoms with Crippen molar-refractivity contribution in [1.29, 1.82) is 0 Å². The van der Waals surface area contributed by atoms with Gasteiger partial charge < -0.3 is 9.47 Å². The largest absolute Gasteiger partial charge is 0.462 e. The van der Waals surface area contributed by atoms with Gasteiger partial charge in [0.05, 0.1) is 0 Å². The van der Waals surface area contributed by atoms with Crippen molar-refractivity contribution in [2.45, 2.75) is 45.8 Å². The molecule has 1 aromatic carbocycles. The molecular formula is C15H22O2. The Morgan fingerprint density at radius 1 is 1.18 bits per heavy atom. The number of rotatable bonds is 2. The minimum atomic E-state index is 0.0948. The molecule has 0 aliphatic carbocycles. The number of hydrogen-bond donors (Lipinski definition) is 0. The van der Waals surface area contributed by atoms with E-state index in [2.05, 4.69) is 25.6 Å². The summed E-state index contributed by atoms with van der Waals surface area (Å²) in [6, 6.07) is 10.2. The zero-order valence-electron chi connectivity index (χ0n) is 11.0. The zero-order chi connectivity index (χ0) is 12.7. The van der Waals surface area contributed by atoms with E-state index in [1.807, 2.05) is 32.0 Å². The van der Waals surface area contributed by atoms with Gasteiger partial charge in [0, 0.05) is 6.42 Å². The number of benzene rings is 1. The van der Waals surface area contributed by atoms with Gasteiger partial charge in [-0.2, -0.15) is 0 Å². The van der Waals surface area contributed by atoms with Gasteiger partial charge in [0.2, 0.25) is 0 Å². The third kappa shape index (κ3) is 3.81. The molecule has 0 amide bonds. The van der Waals surface area contributed by atoms with Crippen LogP contribution in [-0.2, 0) is 9.47 Å². The molecule has 0 aromatic heterocycles. The Labute approximate surface area is 104 Å². The molecule has 0 N–H and O–H groups in total. The Morgan fingerprint density at radius 2 is 1.82 bits per heavy atom. The SMILES string of the molecule is C=C1OC(CC)CC(c2ccccc2)O1.CC. The third-order valence-electron chi connectivity index (χ3n) is 2.68. The standard InChI is InChI=1S/C13H16O2.C2H6/c1-3-12-9-13(15-10(2)14-12)11-7-5-4-6-8-11;1-2/h4-8,12-13H,2-3,9H2,1H3;1-2H3. The highest BCUT2D eigenvalue weighted by Crippen LogP contribution is 2.32. The van der Waals surface area contributed by atoms with E-state index in [4.69, 9.17) is 9.47 Å². The molecule has 1 aromatic rings. The summed E-state index contributed by atoms with van der Waals surface area (Å²) in [6.07, 6.45) is 2.22. The van der Waals surface area contributed by atoms with Gasteiger partial charge in [-0.25, -0.2) is 0 Å². The van der Waals surface area contributed by atoms with Gasteiger partial charge >= 0.3 is 0 Å². The van der Waals surface area contributed by atoms with Crippen molar-refractivity contribution in [2.75, 3.05) is 0 Å². The van der Waals surface area contributed by atoms with Crippen molar-refractivity contribution in [3.05, 3.63) is 48.4 Å². The Kier molecular flexibility index (Phi) is 5.61. The van der Waals surface area contributed by atoms with E-state index < -0.39 is 0 Å². The van der Waals surface area contributed by atoms with Crippen LogP contribution in [0.4, 0.5) is 0 Å². The molecule has 1 aliphatic rings. The van der Waals surface area contributed by atoms with E-state index >= 15 is 0 Å². The molecule has 2 unspecified atom stereocenters. The highest BCUT2D eigenvalue weighted by molar-refractivity contribution is 5.18. The first-order chi connectivity index (χ1) is 8.29. The fraction of sp³-hybridized carbons (Fsp3) is 0.467. The molecule has 0 spiro atoms. The lowest BCUT2D eigenvalue weighted by Crippen LogP contribution is -2.24. The lowest BCUT2D eigenvalue weighted by molar-refractivity contribution is -0.106. The van der Waals surface area contributed by atoms with Crippen LogP contribution >= 0.6 is 0 Å². The van der Waals surface area contributed by atoms with Gasteiger partial charge in [0.25, 0.3) is 5.95 Å². The Hall–Kier alpha value is -1.44. The first-order valence-electron chi connectivity index (χ1n) is 6.36. The monoisotopic (exact) mass is 234 g/mol. The maximum Gasteiger partial charge on any atom is 0.272 e. The van der Waals surface area contributed by atoms with E-state index in [1.54, 1.807) is 0 Å². The molecular weight excluding hydrogens is 212 g/mol. The van der Waals surface area contributed by atoms with Crippen molar-refractivity contribution in [1.82, 2.24) is 0 Å². The van der Waals surface area contributed by atoms with Crippen LogP contribution < -0.4 is 0 Å². The highest BCUT2D eigenvalue weighted by atomic mass is 16.7. The molecule has 94 valence electrons. The fourth-order valence-electron chi connectivity index (χ4n) is 1.83. The van der Waals surface area contributed by atoms with Gasteiger partial charge in [-0.1, -0.05) is 51.1 Å². The normalized spacial score (nSPS) is 22.9. The predicted octanol–water partition coefficient (Wildman–Crippen LogP) is 4.44. The molecule has 0 saturated carbocycles. The summed E-state index contributed by atoms with van der Waals surface area (Å²) in [7, 11) is 0. The van der Waals surface area contributed by atoms with E-state index in [0.717, 1.165) is 12.8 Å². The van der Waals surface area contributed by atoms with E-state index in [9.17, 15) is 0 Å². The van der Waals surface area contributed by atoms with Gasteiger partial charge in [0.15, 0.2) is 0 Å². The van der Waals surface area contributed by atoms with Crippen molar-refractivity contribution < 1.29 is 9.47 Å². The number of hydrogen-bond acceptors (Lipinski definition) is 2. The molecule has 1 aliphatic heterocycles. The average molecular weight is 234 g/mol. The molecule has 2 nitrogen and oxygen atoms in total. The lowest BCUT2D eigenvalue weighted by Gasteiger charge is -2.31. The molecule has 1 heterocycles. The number of ether oxygens (including phenoxy) is 2. The molecule has 17 heavy (non-hydrogen) atoms. The minimum absolute atomic E-state index is 0.0948. The van der Waals surface area contributed by atoms with Crippen LogP contribution in [0, 0.1) is 0 Å². The van der Waals surface area contributed by atoms with E-state index in [1.165, 1.54) is 5.56 Å². The maximum absolute atomic E-state index is 5.59. The summed E-state index contributed by atoms with van der Waals surface area (Å²) in [5.74, 6) is 0.446. The van der Waals surface area contributed by atoms with Gasteiger partial charge in [0.1, 0.15) is 12.2 Å². The van der Waals surface area contributed by atoms with Crippen molar-refractivity contribution >= 4 is 0 Å². The summed E-state index contributed by atoms with van der Waals surface area (Å²) in [4.78, 5) is 0. The summed E-state index contributed by atoms with van der Waals surface area (Å²) < 4.78 is 11.1. The van der Waals surface area contributed by atoms with Crippen LogP contribution in [0.3, 0.4) is 0 Å². The van der Waals surface area contributed by atoms with E-state index in [0.29, 0.717) is 5.95 Å². The van der Waals surface area contributed by atoms with Crippen LogP contribution in [0.5, 0.6) is 0 Å². The van der Waals surface area contributed by atoms with Gasteiger partial charge in [-0.05, 0) is 18.6 Å². The summed E-state index contributed by atoms with van der Waals surface area (Å²) in [5, 5.41) is 0. The minimum Gasteiger partial charge on any atom is -0.462 e. The molecule has 0 bridgehead atoms. The summed E-state index contributed by atoms with van der Waals surface area (Å²) >= 11 is 0. The average Bonchev–Trinajstić information content (AvgIpc) is 2.41. The topological polar surface area (TPSA) is 18.5 Å². The first kappa shape index (κ1) is 13.6. The second-order valence-electron chi connectivity index (χ2n) is 3.77. The first-order valence-corrected chi connectivity index (χ1v) is 6.36. The molecule has 2 rings (SSSR count). The molecule has 1 fully saturated rings. The predicted molar refractivity (Wildman–Crippen MR) is 70.5 cm³/mol. The molecule has 0 radical (unpaired) electrons. The second-order valence-corrected chi connectivity index (χ2v) is 3.77. The zero-order valence-corrected chi connectivity index (χ0v) is 11.0. The van der Waals surface area contributed by atoms with Crippen molar-refractivity contribution in [2.24, 2.45) is 0 Å². The van der Waals surface area contributed by atoms with Crippen LogP contribution in [0.15, 0.2) is 42.9 Å². The molecule has 1 saturated heterocycles. The van der Waals surface area contributed by atoms with Crippen LogP contribution in [0.25, 0.3) is 0 Å². The van der Waals surface area contributed by atoms with E-state index in [-0.39, 0.29) is 12.2 Å². The highest BCUT2D eigenvalue weighted by Gasteiger charge is 2.26. The molecule has 2 atom stereocenters. The lowest BCUT2D eigenvalue weighted by atomic mass is 10.0. The Bertz CT molecular complexity index is 332. The Balaban J connectivity index is 0.000000686.